The number of nitrogens with one attached hydrogen (secondary N) is 3. The van der Waals surface area contributed by atoms with E-state index < -0.39 is 17.4 Å². The van der Waals surface area contributed by atoms with Crippen molar-refractivity contribution < 1.29 is 37.5 Å². The smallest absolute Gasteiger partial charge is 0.410 e. The first-order chi connectivity index (χ1) is 34.0. The lowest BCUT2D eigenvalue weighted by molar-refractivity contribution is -0.135. The third-order valence-electron chi connectivity index (χ3n) is 15.9. The van der Waals surface area contributed by atoms with E-state index in [-0.39, 0.29) is 66.0 Å². The molecule has 2 aromatic carbocycles. The highest BCUT2D eigenvalue weighted by molar-refractivity contribution is 6.03. The van der Waals surface area contributed by atoms with Crippen molar-refractivity contribution >= 4 is 51.5 Å². The Morgan fingerprint density at radius 3 is 1.45 bits per heavy atom. The van der Waals surface area contributed by atoms with Gasteiger partial charge in [-0.25, -0.2) is 13.6 Å². The number of likely N-dealkylation sites (tertiary alicyclic amines) is 3. The summed E-state index contributed by atoms with van der Waals surface area (Å²) in [5.41, 5.74) is 3.76. The van der Waals surface area contributed by atoms with Crippen LogP contribution in [0.15, 0.2) is 24.3 Å². The van der Waals surface area contributed by atoms with Crippen LogP contribution in [0.5, 0.6) is 0 Å². The first kappa shape index (κ1) is 50.6. The summed E-state index contributed by atoms with van der Waals surface area (Å²) >= 11 is 0. The molecule has 3 N–H and O–H groups in total. The molecule has 10 rings (SSSR count). The van der Waals surface area contributed by atoms with Gasteiger partial charge in [-0.05, 0) is 183 Å². The van der Waals surface area contributed by atoms with E-state index in [0.717, 1.165) is 126 Å². The lowest BCUT2D eigenvalue weighted by Gasteiger charge is -2.38. The number of fused-ring (bicyclic) bond motifs is 2. The SMILES string of the molecule is Cn1nc(C2CCC(=O)NC2=O)c2cc(F)c(C3CCN(CC4CCN(C(=O)OC(C)(C)C)CC4)CC3)cc21.Cn1nc(C2CCC(=O)NC2=O)c2cc(F)c(C3CCN(CC4CCNCC4)CC3)cc21. The molecule has 384 valence electrons. The Kier molecular flexibility index (Phi) is 15.3. The Morgan fingerprint density at radius 2 is 1.04 bits per heavy atom. The molecule has 8 heterocycles. The fourth-order valence-corrected chi connectivity index (χ4v) is 12.0. The third kappa shape index (κ3) is 11.6. The van der Waals surface area contributed by atoms with Gasteiger partial charge >= 0.3 is 6.09 Å². The van der Waals surface area contributed by atoms with E-state index >= 15 is 8.78 Å². The lowest BCUT2D eigenvalue weighted by atomic mass is 9.86. The molecule has 6 aliphatic heterocycles. The van der Waals surface area contributed by atoms with Gasteiger partial charge in [0.15, 0.2) is 0 Å². The molecular weight excluding hydrogens is 911 g/mol. The topological polar surface area (TPSA) is 176 Å². The van der Waals surface area contributed by atoms with Gasteiger partial charge in [-0.15, -0.1) is 0 Å². The van der Waals surface area contributed by atoms with Crippen molar-refractivity contribution in [2.75, 3.05) is 65.4 Å². The van der Waals surface area contributed by atoms with Gasteiger partial charge in [0.1, 0.15) is 17.2 Å². The van der Waals surface area contributed by atoms with E-state index in [1.807, 2.05) is 51.9 Å². The van der Waals surface area contributed by atoms with Crippen molar-refractivity contribution in [3.63, 3.8) is 0 Å². The van der Waals surface area contributed by atoms with Crippen molar-refractivity contribution in [2.45, 2.75) is 127 Å². The number of carbonyl (C=O) groups excluding carboxylic acids is 5. The number of ether oxygens (including phenoxy) is 1. The third-order valence-corrected chi connectivity index (χ3v) is 15.9. The molecule has 0 bridgehead atoms. The van der Waals surface area contributed by atoms with Crippen molar-refractivity contribution in [3.05, 3.63) is 58.4 Å². The van der Waals surface area contributed by atoms with Crippen molar-refractivity contribution in [3.8, 4) is 0 Å². The molecular formula is C53H72F2N10O6. The number of halogens is 2. The molecule has 2 aromatic heterocycles. The van der Waals surface area contributed by atoms with Crippen LogP contribution < -0.4 is 16.0 Å². The Bertz CT molecular complexity index is 2630. The molecule has 4 aromatic rings. The molecule has 0 saturated carbocycles. The first-order valence-corrected chi connectivity index (χ1v) is 26.1. The number of imide groups is 2. The summed E-state index contributed by atoms with van der Waals surface area (Å²) in [7, 11) is 3.65. The van der Waals surface area contributed by atoms with Crippen LogP contribution in [0.1, 0.15) is 144 Å². The molecule has 2 unspecified atom stereocenters. The Labute approximate surface area is 414 Å². The minimum Gasteiger partial charge on any atom is -0.444 e. The van der Waals surface area contributed by atoms with E-state index in [4.69, 9.17) is 4.74 Å². The number of rotatable bonds is 8. The minimum atomic E-state index is -0.545. The number of hydrogen-bond acceptors (Lipinski definition) is 11. The molecule has 5 amide bonds. The van der Waals surface area contributed by atoms with Gasteiger partial charge in [-0.2, -0.15) is 10.2 Å². The molecule has 16 nitrogen and oxygen atoms in total. The van der Waals surface area contributed by atoms with E-state index in [2.05, 4.69) is 35.9 Å². The van der Waals surface area contributed by atoms with Gasteiger partial charge in [0.25, 0.3) is 0 Å². The zero-order valence-electron chi connectivity index (χ0n) is 42.2. The van der Waals surface area contributed by atoms with Gasteiger partial charge in [-0.3, -0.25) is 39.2 Å². The van der Waals surface area contributed by atoms with Crippen LogP contribution in [-0.2, 0) is 38.0 Å². The van der Waals surface area contributed by atoms with E-state index in [1.54, 1.807) is 15.4 Å². The van der Waals surface area contributed by atoms with Gasteiger partial charge in [0.05, 0.1) is 34.3 Å². The first-order valence-electron chi connectivity index (χ1n) is 26.1. The number of aryl methyl sites for hydroxylation is 2. The van der Waals surface area contributed by atoms with Crippen LogP contribution in [0.4, 0.5) is 13.6 Å². The Hall–Kier alpha value is -5.33. The van der Waals surface area contributed by atoms with Gasteiger partial charge in [-0.1, -0.05) is 0 Å². The van der Waals surface area contributed by atoms with Gasteiger partial charge in [0, 0.05) is 63.9 Å². The molecule has 6 aliphatic rings. The highest BCUT2D eigenvalue weighted by Crippen LogP contribution is 2.39. The summed E-state index contributed by atoms with van der Waals surface area (Å²) in [6.45, 7) is 15.4. The van der Waals surface area contributed by atoms with Crippen molar-refractivity contribution in [2.24, 2.45) is 25.9 Å². The molecule has 6 saturated heterocycles. The second-order valence-corrected chi connectivity index (χ2v) is 22.1. The number of nitrogens with zero attached hydrogens (tertiary/aromatic N) is 7. The lowest BCUT2D eigenvalue weighted by Crippen LogP contribution is -2.44. The highest BCUT2D eigenvalue weighted by Gasteiger charge is 2.36. The maximum Gasteiger partial charge on any atom is 0.410 e. The fourth-order valence-electron chi connectivity index (χ4n) is 12.0. The highest BCUT2D eigenvalue weighted by atomic mass is 19.1. The number of benzene rings is 2. The average Bonchev–Trinajstić information content (AvgIpc) is 3.82. The summed E-state index contributed by atoms with van der Waals surface area (Å²) in [5, 5.41) is 18.6. The molecule has 0 aliphatic carbocycles. The van der Waals surface area contributed by atoms with Gasteiger partial charge < -0.3 is 24.8 Å². The second kappa shape index (κ2) is 21.4. The summed E-state index contributed by atoms with van der Waals surface area (Å²) in [4.78, 5) is 67.0. The van der Waals surface area contributed by atoms with Gasteiger partial charge in [0.2, 0.25) is 23.6 Å². The van der Waals surface area contributed by atoms with E-state index in [0.29, 0.717) is 46.5 Å². The standard InChI is InChI=1S/C29H40FN5O4.C24H32FN5O2/c1-29(2,3)39-28(38)35-13-7-18(8-14-35)17-34-11-9-19(10-12-34)21-16-24-22(15-23(21)30)26(32-33(24)4)20-5-6-25(36)31-27(20)37;1-29-21-13-18(16-6-10-30(11-7-16)14-15-4-8-26-9-5-15)20(25)12-19(21)23(28-29)17-2-3-22(31)27-24(17)32/h15-16,18-20H,5-14,17H2,1-4H3,(H,31,36,37);12-13,15-17,26H,2-11,14H2,1H3,(H,27,31,32). The number of aromatic nitrogens is 4. The van der Waals surface area contributed by atoms with Crippen LogP contribution in [0.3, 0.4) is 0 Å². The van der Waals surface area contributed by atoms with Crippen molar-refractivity contribution in [1.82, 2.24) is 50.2 Å². The number of carbonyl (C=O) groups is 5. The zero-order valence-corrected chi connectivity index (χ0v) is 42.2. The average molecular weight is 983 g/mol. The zero-order chi connectivity index (χ0) is 50.1. The predicted octanol–water partition coefficient (Wildman–Crippen LogP) is 6.47. The molecule has 0 radical (unpaired) electrons. The Morgan fingerprint density at radius 1 is 0.620 bits per heavy atom. The second-order valence-electron chi connectivity index (χ2n) is 22.1. The molecule has 18 heteroatoms. The molecule has 71 heavy (non-hydrogen) atoms. The van der Waals surface area contributed by atoms with Crippen LogP contribution in [0.2, 0.25) is 0 Å². The monoisotopic (exact) mass is 983 g/mol. The molecule has 0 spiro atoms. The maximum atomic E-state index is 15.4. The van der Waals surface area contributed by atoms with E-state index in [1.165, 1.54) is 18.9 Å². The van der Waals surface area contributed by atoms with Crippen LogP contribution in [0, 0.1) is 23.5 Å². The van der Waals surface area contributed by atoms with Crippen molar-refractivity contribution in [1.29, 1.82) is 0 Å². The summed E-state index contributed by atoms with van der Waals surface area (Å²) in [5.74, 6) is -1.09. The number of amides is 5. The number of hydrogen-bond donors (Lipinski definition) is 3. The maximum absolute atomic E-state index is 15.4. The summed E-state index contributed by atoms with van der Waals surface area (Å²) in [6.07, 6.45) is 9.27. The van der Waals surface area contributed by atoms with Crippen LogP contribution >= 0.6 is 0 Å². The Balaban J connectivity index is 0.000000179. The van der Waals surface area contributed by atoms with Crippen LogP contribution in [-0.4, -0.2) is 135 Å². The minimum absolute atomic E-state index is 0.133. The molecule has 2 atom stereocenters. The van der Waals surface area contributed by atoms with E-state index in [9.17, 15) is 24.0 Å². The quantitative estimate of drug-likeness (QED) is 0.165. The largest absolute Gasteiger partial charge is 0.444 e. The van der Waals surface area contributed by atoms with Crippen LogP contribution in [0.25, 0.3) is 21.8 Å². The fraction of sp³-hybridized carbons (Fsp3) is 0.642. The molecule has 6 fully saturated rings. The summed E-state index contributed by atoms with van der Waals surface area (Å²) in [6, 6.07) is 6.92. The number of piperidine rings is 6. The predicted molar refractivity (Wildman–Crippen MR) is 265 cm³/mol. The normalized spacial score (nSPS) is 23.2. The summed E-state index contributed by atoms with van der Waals surface area (Å²) < 4.78 is 39.7.